The van der Waals surface area contributed by atoms with Gasteiger partial charge in [0.1, 0.15) is 63.4 Å². The summed E-state index contributed by atoms with van der Waals surface area (Å²) in [5.74, 6) is -10.4. The number of carbonyl (C=O) groups excluding carboxylic acids is 1. The van der Waals surface area contributed by atoms with Gasteiger partial charge < -0.3 is 20.9 Å². The number of amidine groups is 1. The van der Waals surface area contributed by atoms with E-state index in [1.165, 1.54) is 0 Å². The second-order valence-corrected chi connectivity index (χ2v) is 16.6. The van der Waals surface area contributed by atoms with Crippen LogP contribution in [-0.2, 0) is 41.5 Å². The van der Waals surface area contributed by atoms with Crippen LogP contribution in [0.3, 0.4) is 0 Å². The number of benzene rings is 2. The number of hydrogen-bond acceptors (Lipinski definition) is 9. The lowest BCUT2D eigenvalue weighted by Gasteiger charge is -2.25. The fourth-order valence-corrected chi connectivity index (χ4v) is 8.38. The quantitative estimate of drug-likeness (QED) is 0.0396. The monoisotopic (exact) mass is 946 g/mol. The van der Waals surface area contributed by atoms with Gasteiger partial charge in [-0.25, -0.2) is 50.1 Å². The number of nitrogens with two attached hydrogens (primary N) is 1. The Bertz CT molecular complexity index is 2660. The number of rotatable bonds is 16. The summed E-state index contributed by atoms with van der Waals surface area (Å²) in [6.45, 7) is -1.17. The maximum Gasteiger partial charge on any atom is 0.292 e. The van der Waals surface area contributed by atoms with Gasteiger partial charge in [0.05, 0.1) is 34.5 Å². The molecular formula is C39H33ClF10N10O3S. The second kappa shape index (κ2) is 18.4. The third-order valence-electron chi connectivity index (χ3n) is 10.2. The van der Waals surface area contributed by atoms with Gasteiger partial charge >= 0.3 is 0 Å². The minimum absolute atomic E-state index is 0.225. The molecule has 2 aliphatic rings. The molecule has 3 atom stereocenters. The molecule has 64 heavy (non-hydrogen) atoms. The first-order chi connectivity index (χ1) is 30.2. The lowest BCUT2D eigenvalue weighted by atomic mass is 10.0. The third kappa shape index (κ3) is 9.67. The van der Waals surface area contributed by atoms with Gasteiger partial charge in [0.2, 0.25) is 5.91 Å². The smallest absolute Gasteiger partial charge is 0.292 e. The largest absolute Gasteiger partial charge is 0.591 e. The van der Waals surface area contributed by atoms with Crippen LogP contribution in [0.25, 0.3) is 17.2 Å². The van der Waals surface area contributed by atoms with E-state index in [4.69, 9.17) is 17.3 Å². The van der Waals surface area contributed by atoms with Gasteiger partial charge in [0, 0.05) is 49.1 Å². The van der Waals surface area contributed by atoms with Crippen LogP contribution in [-0.4, -0.2) is 63.8 Å². The minimum Gasteiger partial charge on any atom is -0.591 e. The molecule has 0 aliphatic heterocycles. The van der Waals surface area contributed by atoms with E-state index in [1.807, 2.05) is 0 Å². The van der Waals surface area contributed by atoms with Gasteiger partial charge in [-0.3, -0.25) is 18.8 Å². The van der Waals surface area contributed by atoms with Crippen LogP contribution in [0.4, 0.5) is 49.6 Å². The molecule has 3 unspecified atom stereocenters. The van der Waals surface area contributed by atoms with Crippen LogP contribution in [0.1, 0.15) is 78.3 Å². The molecule has 13 nitrogen and oxygen atoms in total. The molecule has 0 saturated heterocycles. The Morgan fingerprint density at radius 1 is 1.05 bits per heavy atom. The molecule has 2 aliphatic carbocycles. The van der Waals surface area contributed by atoms with Gasteiger partial charge in [0.15, 0.2) is 11.7 Å². The van der Waals surface area contributed by atoms with Crippen molar-refractivity contribution in [2.45, 2.75) is 75.6 Å². The minimum atomic E-state index is -3.72. The number of halogens is 11. The van der Waals surface area contributed by atoms with Crippen molar-refractivity contribution in [3.8, 4) is 17.2 Å². The summed E-state index contributed by atoms with van der Waals surface area (Å²) in [6, 6.07) is 4.23. The zero-order chi connectivity index (χ0) is 46.4. The van der Waals surface area contributed by atoms with Crippen LogP contribution in [0, 0.1) is 17.6 Å². The predicted octanol–water partition coefficient (Wildman–Crippen LogP) is 7.29. The van der Waals surface area contributed by atoms with Crippen LogP contribution in [0.5, 0.6) is 0 Å². The molecule has 340 valence electrons. The van der Waals surface area contributed by atoms with Crippen molar-refractivity contribution in [3.63, 3.8) is 0 Å². The number of hydrogen-bond donors (Lipinski definition) is 3. The van der Waals surface area contributed by atoms with Crippen LogP contribution in [0.15, 0.2) is 57.9 Å². The van der Waals surface area contributed by atoms with Crippen LogP contribution < -0.4 is 21.9 Å². The summed E-state index contributed by atoms with van der Waals surface area (Å²) in [5.41, 5.74) is 0.00370. The van der Waals surface area contributed by atoms with Crippen molar-refractivity contribution in [2.75, 3.05) is 11.9 Å². The molecule has 3 heterocycles. The van der Waals surface area contributed by atoms with Crippen molar-refractivity contribution in [3.05, 3.63) is 115 Å². The Kier molecular flexibility index (Phi) is 13.3. The first-order valence-electron chi connectivity index (χ1n) is 19.1. The number of alkyl halides is 8. The number of amides is 1. The van der Waals surface area contributed by atoms with E-state index in [9.17, 15) is 49.3 Å². The van der Waals surface area contributed by atoms with E-state index >= 15 is 8.78 Å². The molecule has 7 rings (SSSR count). The molecule has 2 aromatic carbocycles. The number of carbonyl (C=O) groups is 1. The molecule has 3 aromatic heterocycles. The summed E-state index contributed by atoms with van der Waals surface area (Å²) in [5, 5.41) is 7.89. The van der Waals surface area contributed by atoms with E-state index in [0.29, 0.717) is 28.2 Å². The molecule has 1 saturated carbocycles. The zero-order valence-electron chi connectivity index (χ0n) is 32.8. The highest BCUT2D eigenvalue weighted by Crippen LogP contribution is 2.48. The molecule has 5 aromatic rings. The average Bonchev–Trinajstić information content (AvgIpc) is 3.96. The highest BCUT2D eigenvalue weighted by molar-refractivity contribution is 7.91. The van der Waals surface area contributed by atoms with Gasteiger partial charge in [-0.15, -0.1) is 0 Å². The molecular weight excluding hydrogens is 914 g/mol. The summed E-state index contributed by atoms with van der Waals surface area (Å²) in [4.78, 5) is 40.7. The lowest BCUT2D eigenvalue weighted by molar-refractivity contribution is -0.123. The van der Waals surface area contributed by atoms with E-state index in [2.05, 4.69) is 35.1 Å². The first kappa shape index (κ1) is 46.2. The van der Waals surface area contributed by atoms with Crippen LogP contribution >= 0.6 is 11.6 Å². The van der Waals surface area contributed by atoms with Gasteiger partial charge in [0.25, 0.3) is 30.8 Å². The van der Waals surface area contributed by atoms with Gasteiger partial charge in [-0.2, -0.15) is 13.9 Å². The van der Waals surface area contributed by atoms with E-state index in [0.717, 1.165) is 49.5 Å². The van der Waals surface area contributed by atoms with Crippen molar-refractivity contribution in [1.29, 1.82) is 0 Å². The second-order valence-electron chi connectivity index (χ2n) is 14.8. The predicted molar refractivity (Wildman–Crippen MR) is 212 cm³/mol. The fourth-order valence-electron chi connectivity index (χ4n) is 7.15. The van der Waals surface area contributed by atoms with E-state index in [1.54, 1.807) is 0 Å². The van der Waals surface area contributed by atoms with Crippen molar-refractivity contribution in [1.82, 2.24) is 34.6 Å². The maximum atomic E-state index is 15.4. The molecule has 1 amide bonds. The number of fused-ring (bicyclic) bond motifs is 1. The Morgan fingerprint density at radius 3 is 2.39 bits per heavy atom. The highest BCUT2D eigenvalue weighted by atomic mass is 35.5. The number of anilines is 1. The number of nitrogens with zero attached hydrogens (tertiary/aromatic N) is 7. The topological polar surface area (TPSA) is 181 Å². The standard InChI is InChI=1S/C39H33ClF10N10O3S/c1-16-8-21-31(35(47)48)57-59(33(21)39(16,49)50)15-28(61)54-25(11-17-9-18(41)12-19(42)10-17)38-56-24(37-52-7-6-23(55-37)34(45)46)13-29(62)60(38)26-5-4-22(40)30(32(26)53-14-27(43)44)36(51)58-64(63)20-2-3-20/h4-7,9-10,12-13,16,20,25,27,34-35,53H,2-3,8,11,14-15H2,1H3,(H2,51,58)(H,54,61). The van der Waals surface area contributed by atoms with Crippen LogP contribution in [0.2, 0.25) is 5.02 Å². The summed E-state index contributed by atoms with van der Waals surface area (Å²) in [6.07, 6.45) is -8.69. The first-order valence-corrected chi connectivity index (χ1v) is 20.6. The maximum absolute atomic E-state index is 15.4. The third-order valence-corrected chi connectivity index (χ3v) is 11.9. The SMILES string of the molecule is CC1Cc2c(C(F)F)nn(CC(=O)NC(Cc3cc(F)cc(F)c3)c3nc(-c4nccc(C(F)F)n4)cc(=O)n3-c3ccc(Cl)c(C(N)=N[S+]([O-])C4CC4)c3NCC(F)F)c2C1(F)F. The Morgan fingerprint density at radius 2 is 1.75 bits per heavy atom. The average molecular weight is 947 g/mol. The Labute approximate surface area is 363 Å². The highest BCUT2D eigenvalue weighted by Gasteiger charge is 2.51. The van der Waals surface area contributed by atoms with Gasteiger partial charge in [-0.05, 0) is 46.7 Å². The van der Waals surface area contributed by atoms with Crippen molar-refractivity contribution in [2.24, 2.45) is 16.0 Å². The molecule has 25 heteroatoms. The van der Waals surface area contributed by atoms with Crippen molar-refractivity contribution < 1.29 is 53.3 Å². The molecule has 0 spiro atoms. The normalized spacial score (nSPS) is 17.0. The Balaban J connectivity index is 1.45. The Hall–Kier alpha value is -5.75. The molecule has 4 N–H and O–H groups in total. The number of aromatic nitrogens is 6. The number of nitrogens with one attached hydrogen (secondary N) is 2. The van der Waals surface area contributed by atoms with E-state index < -0.39 is 155 Å². The van der Waals surface area contributed by atoms with E-state index in [-0.39, 0.29) is 21.4 Å². The fraction of sp³-hybridized carbons (Fsp3) is 0.359. The summed E-state index contributed by atoms with van der Waals surface area (Å²) < 4.78 is 162. The molecule has 0 bridgehead atoms. The van der Waals surface area contributed by atoms with Gasteiger partial charge in [-0.1, -0.05) is 18.5 Å². The summed E-state index contributed by atoms with van der Waals surface area (Å²) >= 11 is 4.63. The summed E-state index contributed by atoms with van der Waals surface area (Å²) in [7, 11) is 0. The zero-order valence-corrected chi connectivity index (χ0v) is 34.4. The molecule has 0 radical (unpaired) electrons. The molecule has 1 fully saturated rings. The lowest BCUT2D eigenvalue weighted by Crippen LogP contribution is -2.38. The van der Waals surface area contributed by atoms with Crippen molar-refractivity contribution >= 4 is 40.4 Å².